The van der Waals surface area contributed by atoms with Gasteiger partial charge in [0, 0.05) is 17.6 Å². The number of primary amides is 1. The van der Waals surface area contributed by atoms with Crippen LogP contribution >= 0.6 is 44.3 Å². The van der Waals surface area contributed by atoms with E-state index in [1.54, 1.807) is 0 Å². The summed E-state index contributed by atoms with van der Waals surface area (Å²) in [6.07, 6.45) is 0. The van der Waals surface area contributed by atoms with Gasteiger partial charge < -0.3 is 20.5 Å². The first-order valence-electron chi connectivity index (χ1n) is 7.82. The van der Waals surface area contributed by atoms with Gasteiger partial charge in [-0.05, 0) is 56.0 Å². The summed E-state index contributed by atoms with van der Waals surface area (Å²) >= 11 is 7.08. The Balaban J connectivity index is 0.00000338. The highest BCUT2D eigenvalue weighted by Gasteiger charge is 2.18. The smallest absolute Gasteiger partial charge is 0.255 e. The Morgan fingerprint density at radius 1 is 1.12 bits per heavy atom. The molecule has 2 aromatic rings. The second kappa shape index (κ2) is 11.4. The number of carbonyl (C=O) groups excluding carboxylic acids is 1. The summed E-state index contributed by atoms with van der Waals surface area (Å²) in [5.41, 5.74) is 7.39. The van der Waals surface area contributed by atoms with Gasteiger partial charge in [0.1, 0.15) is 0 Å². The molecular formula is C18H21Br2ClN2O3. The number of amides is 1. The lowest BCUT2D eigenvalue weighted by molar-refractivity contribution is -0.119. The average molecular weight is 509 g/mol. The van der Waals surface area contributed by atoms with E-state index >= 15 is 0 Å². The quantitative estimate of drug-likeness (QED) is 0.533. The van der Waals surface area contributed by atoms with Crippen LogP contribution in [0.25, 0.3) is 0 Å². The lowest BCUT2D eigenvalue weighted by Crippen LogP contribution is -2.20. The molecule has 0 saturated heterocycles. The summed E-state index contributed by atoms with van der Waals surface area (Å²) < 4.78 is 12.7. The Hall–Kier alpha value is -1.28. The van der Waals surface area contributed by atoms with Crippen LogP contribution in [-0.2, 0) is 17.9 Å². The molecule has 8 heteroatoms. The van der Waals surface area contributed by atoms with Crippen molar-refractivity contribution >= 4 is 50.2 Å². The Labute approximate surface area is 176 Å². The lowest BCUT2D eigenvalue weighted by atomic mass is 10.2. The summed E-state index contributed by atoms with van der Waals surface area (Å²) in [4.78, 5) is 11.0. The largest absolute Gasteiger partial charge is 0.490 e. The predicted octanol–water partition coefficient (Wildman–Crippen LogP) is 4.19. The van der Waals surface area contributed by atoms with Crippen molar-refractivity contribution in [3.63, 3.8) is 0 Å². The predicted molar refractivity (Wildman–Crippen MR) is 112 cm³/mol. The van der Waals surface area contributed by atoms with Crippen LogP contribution in [0, 0.1) is 0 Å². The number of halogens is 3. The van der Waals surface area contributed by atoms with Gasteiger partial charge in [-0.25, -0.2) is 0 Å². The van der Waals surface area contributed by atoms with Gasteiger partial charge in [-0.1, -0.05) is 30.3 Å². The first-order valence-corrected chi connectivity index (χ1v) is 9.41. The van der Waals surface area contributed by atoms with Gasteiger partial charge in [0.05, 0.1) is 11.1 Å². The topological polar surface area (TPSA) is 73.6 Å². The van der Waals surface area contributed by atoms with Crippen LogP contribution in [-0.4, -0.2) is 19.1 Å². The van der Waals surface area contributed by atoms with Gasteiger partial charge in [-0.3, -0.25) is 4.79 Å². The number of benzene rings is 2. The third-order valence-electron chi connectivity index (χ3n) is 3.35. The Bertz CT molecular complexity index is 730. The summed E-state index contributed by atoms with van der Waals surface area (Å²) in [7, 11) is 0. The highest BCUT2D eigenvalue weighted by Crippen LogP contribution is 2.42. The molecule has 0 atom stereocenters. The highest BCUT2D eigenvalue weighted by molar-refractivity contribution is 9.13. The molecule has 3 N–H and O–H groups in total. The zero-order valence-corrected chi connectivity index (χ0v) is 18.2. The second-order valence-electron chi connectivity index (χ2n) is 5.27. The van der Waals surface area contributed by atoms with E-state index in [0.29, 0.717) is 29.1 Å². The zero-order chi connectivity index (χ0) is 18.2. The van der Waals surface area contributed by atoms with Crippen LogP contribution < -0.4 is 20.5 Å². The van der Waals surface area contributed by atoms with Crippen LogP contribution in [0.4, 0.5) is 0 Å². The van der Waals surface area contributed by atoms with Crippen molar-refractivity contribution in [3.8, 4) is 11.5 Å². The minimum absolute atomic E-state index is 0. The van der Waals surface area contributed by atoms with Crippen molar-refractivity contribution in [1.82, 2.24) is 5.32 Å². The first-order chi connectivity index (χ1) is 12.0. The van der Waals surface area contributed by atoms with Gasteiger partial charge in [-0.2, -0.15) is 0 Å². The fourth-order valence-corrected chi connectivity index (χ4v) is 3.24. The molecule has 142 valence electrons. The highest BCUT2D eigenvalue weighted by atomic mass is 79.9. The van der Waals surface area contributed by atoms with Gasteiger partial charge in [0.2, 0.25) is 0 Å². The third-order valence-corrected chi connectivity index (χ3v) is 5.54. The van der Waals surface area contributed by atoms with Crippen LogP contribution in [0.3, 0.4) is 0 Å². The number of nitrogens with one attached hydrogen (secondary N) is 1. The van der Waals surface area contributed by atoms with Crippen LogP contribution in [0.2, 0.25) is 0 Å². The van der Waals surface area contributed by atoms with Gasteiger partial charge in [0.25, 0.3) is 5.91 Å². The van der Waals surface area contributed by atoms with Crippen molar-refractivity contribution in [2.45, 2.75) is 20.0 Å². The lowest BCUT2D eigenvalue weighted by Gasteiger charge is -2.17. The van der Waals surface area contributed by atoms with E-state index < -0.39 is 5.91 Å². The average Bonchev–Trinajstić information content (AvgIpc) is 2.59. The maximum Gasteiger partial charge on any atom is 0.255 e. The first kappa shape index (κ1) is 22.8. The maximum atomic E-state index is 11.0. The summed E-state index contributed by atoms with van der Waals surface area (Å²) in [5.74, 6) is 0.480. The SMILES string of the molecule is CCOc1cc(CNCc2ccccc2)c(Br)c(Br)c1OCC(N)=O.Cl. The normalized spacial score (nSPS) is 10.1. The fraction of sp³-hybridized carbons (Fsp3) is 0.278. The van der Waals surface area contributed by atoms with Crippen molar-refractivity contribution in [1.29, 1.82) is 0 Å². The Morgan fingerprint density at radius 3 is 2.42 bits per heavy atom. The molecule has 2 aromatic carbocycles. The van der Waals surface area contributed by atoms with Crippen molar-refractivity contribution in [2.75, 3.05) is 13.2 Å². The second-order valence-corrected chi connectivity index (χ2v) is 6.85. The minimum atomic E-state index is -0.543. The molecule has 2 rings (SSSR count). The van der Waals surface area contributed by atoms with E-state index in [-0.39, 0.29) is 19.0 Å². The number of ether oxygens (including phenoxy) is 2. The van der Waals surface area contributed by atoms with Gasteiger partial charge >= 0.3 is 0 Å². The number of nitrogens with two attached hydrogens (primary N) is 1. The maximum absolute atomic E-state index is 11.0. The molecule has 0 unspecified atom stereocenters. The van der Waals surface area contributed by atoms with Crippen molar-refractivity contribution < 1.29 is 14.3 Å². The molecule has 0 radical (unpaired) electrons. The number of hydrogen-bond acceptors (Lipinski definition) is 4. The minimum Gasteiger partial charge on any atom is -0.490 e. The Kier molecular flexibility index (Phi) is 10.0. The molecule has 26 heavy (non-hydrogen) atoms. The molecule has 5 nitrogen and oxygen atoms in total. The summed E-state index contributed by atoms with van der Waals surface area (Å²) in [6.45, 7) is 3.56. The summed E-state index contributed by atoms with van der Waals surface area (Å²) in [5, 5.41) is 3.40. The standard InChI is InChI=1S/C18H20Br2N2O3.ClH/c1-2-24-14-8-13(10-22-9-12-6-4-3-5-7-12)16(19)17(20)18(14)25-11-15(21)23;/h3-8,22H,2,9-11H2,1H3,(H2,21,23);1H. The van der Waals surface area contributed by atoms with Crippen LogP contribution in [0.5, 0.6) is 11.5 Å². The molecule has 1 amide bonds. The van der Waals surface area contributed by atoms with Crippen LogP contribution in [0.15, 0.2) is 45.3 Å². The molecule has 0 aliphatic heterocycles. The molecule has 0 heterocycles. The van der Waals surface area contributed by atoms with E-state index in [1.807, 2.05) is 31.2 Å². The van der Waals surface area contributed by atoms with Crippen molar-refractivity contribution in [3.05, 3.63) is 56.5 Å². The molecule has 0 aliphatic rings. The molecule has 0 aromatic heterocycles. The number of rotatable bonds is 9. The van der Waals surface area contributed by atoms with Gasteiger partial charge in [0.15, 0.2) is 18.1 Å². The van der Waals surface area contributed by atoms with Crippen LogP contribution in [0.1, 0.15) is 18.1 Å². The number of hydrogen-bond donors (Lipinski definition) is 2. The molecule has 0 spiro atoms. The molecule has 0 aliphatic carbocycles. The van der Waals surface area contributed by atoms with E-state index in [4.69, 9.17) is 15.2 Å². The van der Waals surface area contributed by atoms with E-state index in [0.717, 1.165) is 16.6 Å². The Morgan fingerprint density at radius 2 is 1.81 bits per heavy atom. The monoisotopic (exact) mass is 506 g/mol. The number of carbonyl (C=O) groups is 1. The molecular weight excluding hydrogens is 487 g/mol. The summed E-state index contributed by atoms with van der Waals surface area (Å²) in [6, 6.07) is 12.1. The van der Waals surface area contributed by atoms with E-state index in [2.05, 4.69) is 49.3 Å². The van der Waals surface area contributed by atoms with E-state index in [9.17, 15) is 4.79 Å². The fourth-order valence-electron chi connectivity index (χ4n) is 2.24. The van der Waals surface area contributed by atoms with Gasteiger partial charge in [-0.15, -0.1) is 12.4 Å². The molecule has 0 bridgehead atoms. The van der Waals surface area contributed by atoms with E-state index in [1.165, 1.54) is 5.56 Å². The molecule has 0 fully saturated rings. The zero-order valence-electron chi connectivity index (χ0n) is 14.3. The van der Waals surface area contributed by atoms with Crippen molar-refractivity contribution in [2.24, 2.45) is 5.73 Å². The molecule has 0 saturated carbocycles. The third kappa shape index (κ3) is 6.46.